The third-order valence-electron chi connectivity index (χ3n) is 4.84. The molecule has 2 N–H and O–H groups in total. The summed E-state index contributed by atoms with van der Waals surface area (Å²) in [5.74, 6) is 0.697. The van der Waals surface area contributed by atoms with Gasteiger partial charge < -0.3 is 15.4 Å². The maximum Gasteiger partial charge on any atom is 0.273 e. The summed E-state index contributed by atoms with van der Waals surface area (Å²) < 4.78 is 7.46. The van der Waals surface area contributed by atoms with Crippen molar-refractivity contribution in [2.75, 3.05) is 39.3 Å². The van der Waals surface area contributed by atoms with Gasteiger partial charge in [-0.15, -0.1) is 5.10 Å². The van der Waals surface area contributed by atoms with Crippen molar-refractivity contribution in [1.29, 1.82) is 0 Å². The molecule has 0 saturated carbocycles. The van der Waals surface area contributed by atoms with Crippen LogP contribution >= 0.6 is 0 Å². The first-order chi connectivity index (χ1) is 12.8. The number of hydrogen-bond acceptors (Lipinski definition) is 6. The molecule has 138 valence electrons. The summed E-state index contributed by atoms with van der Waals surface area (Å²) in [6.45, 7) is 6.27. The Kier molecular flexibility index (Phi) is 5.12. The Morgan fingerprint density at radius 1 is 1.27 bits per heavy atom. The van der Waals surface area contributed by atoms with Gasteiger partial charge in [0.15, 0.2) is 5.69 Å². The molecule has 4 rings (SSSR count). The number of fused-ring (bicyclic) bond motifs is 1. The van der Waals surface area contributed by atoms with Crippen molar-refractivity contribution in [1.82, 2.24) is 30.5 Å². The number of hydrogen-bond donors (Lipinski definition) is 2. The predicted molar refractivity (Wildman–Crippen MR) is 96.2 cm³/mol. The van der Waals surface area contributed by atoms with E-state index in [-0.39, 0.29) is 11.9 Å². The molecule has 8 nitrogen and oxygen atoms in total. The van der Waals surface area contributed by atoms with E-state index in [1.165, 1.54) is 0 Å². The summed E-state index contributed by atoms with van der Waals surface area (Å²) >= 11 is 0. The van der Waals surface area contributed by atoms with E-state index in [0.29, 0.717) is 12.3 Å². The minimum absolute atomic E-state index is 0.0524. The summed E-state index contributed by atoms with van der Waals surface area (Å²) in [5.41, 5.74) is 1.47. The number of rotatable bonds is 5. The number of para-hydroxylation sites is 1. The summed E-state index contributed by atoms with van der Waals surface area (Å²) in [6.07, 6.45) is 2.48. The topological polar surface area (TPSA) is 84.3 Å². The first-order valence-electron chi connectivity index (χ1n) is 9.13. The zero-order chi connectivity index (χ0) is 17.8. The number of benzene rings is 1. The second-order valence-corrected chi connectivity index (χ2v) is 6.75. The fourth-order valence-electron chi connectivity index (χ4n) is 3.37. The molecule has 0 aliphatic carbocycles. The number of carbonyl (C=O) groups is 1. The smallest absolute Gasteiger partial charge is 0.273 e. The third-order valence-corrected chi connectivity index (χ3v) is 4.84. The maximum atomic E-state index is 12.4. The van der Waals surface area contributed by atoms with Gasteiger partial charge in [-0.1, -0.05) is 23.4 Å². The molecule has 26 heavy (non-hydrogen) atoms. The van der Waals surface area contributed by atoms with E-state index in [1.54, 1.807) is 10.9 Å². The van der Waals surface area contributed by atoms with Gasteiger partial charge in [0.25, 0.3) is 5.91 Å². The molecule has 0 bridgehead atoms. The molecule has 1 saturated heterocycles. The molecule has 1 aromatic carbocycles. The number of ether oxygens (including phenoxy) is 1. The molecular formula is C18H24N6O2. The minimum Gasteiger partial charge on any atom is -0.491 e. The molecule has 8 heteroatoms. The first-order valence-corrected chi connectivity index (χ1v) is 9.13. The van der Waals surface area contributed by atoms with E-state index in [2.05, 4.69) is 25.8 Å². The first kappa shape index (κ1) is 17.0. The van der Waals surface area contributed by atoms with Crippen LogP contribution in [0, 0.1) is 0 Å². The van der Waals surface area contributed by atoms with Crippen LogP contribution in [0.2, 0.25) is 0 Å². The zero-order valence-electron chi connectivity index (χ0n) is 14.7. The van der Waals surface area contributed by atoms with Crippen LogP contribution in [-0.2, 0) is 13.0 Å². The highest BCUT2D eigenvalue weighted by Gasteiger charge is 2.22. The van der Waals surface area contributed by atoms with Gasteiger partial charge in [0.2, 0.25) is 0 Å². The number of piperazine rings is 1. The lowest BCUT2D eigenvalue weighted by atomic mass is 10.0. The van der Waals surface area contributed by atoms with Gasteiger partial charge in [-0.2, -0.15) is 0 Å². The van der Waals surface area contributed by atoms with E-state index in [9.17, 15) is 4.79 Å². The Bertz CT molecular complexity index is 756. The average Bonchev–Trinajstić information content (AvgIpc) is 3.16. The summed E-state index contributed by atoms with van der Waals surface area (Å²) in [7, 11) is 0. The van der Waals surface area contributed by atoms with E-state index in [1.807, 2.05) is 24.3 Å². The Hall–Kier alpha value is -2.45. The van der Waals surface area contributed by atoms with Crippen molar-refractivity contribution in [3.63, 3.8) is 0 Å². The second-order valence-electron chi connectivity index (χ2n) is 6.75. The van der Waals surface area contributed by atoms with Gasteiger partial charge in [0, 0.05) is 32.7 Å². The lowest BCUT2D eigenvalue weighted by molar-refractivity contribution is 0.0910. The molecule has 1 aromatic heterocycles. The molecule has 0 spiro atoms. The predicted octanol–water partition coefficient (Wildman–Crippen LogP) is -0.0832. The molecule has 0 radical (unpaired) electrons. The molecule has 1 amide bonds. The van der Waals surface area contributed by atoms with Crippen molar-refractivity contribution in [2.24, 2.45) is 0 Å². The van der Waals surface area contributed by atoms with Crippen LogP contribution in [0.1, 0.15) is 16.1 Å². The summed E-state index contributed by atoms with van der Waals surface area (Å²) in [5, 5.41) is 14.4. The van der Waals surface area contributed by atoms with Gasteiger partial charge in [0.1, 0.15) is 12.4 Å². The Balaban J connectivity index is 1.29. The van der Waals surface area contributed by atoms with Gasteiger partial charge in [-0.3, -0.25) is 14.4 Å². The molecule has 1 atom stereocenters. The van der Waals surface area contributed by atoms with Gasteiger partial charge in [-0.05, 0) is 18.1 Å². The fraction of sp³-hybridized carbons (Fsp3) is 0.500. The highest BCUT2D eigenvalue weighted by atomic mass is 16.5. The van der Waals surface area contributed by atoms with Crippen LogP contribution < -0.4 is 15.4 Å². The third kappa shape index (κ3) is 4.03. The van der Waals surface area contributed by atoms with Gasteiger partial charge in [-0.25, -0.2) is 0 Å². The number of amides is 1. The lowest BCUT2D eigenvalue weighted by Gasteiger charge is -2.26. The van der Waals surface area contributed by atoms with Crippen molar-refractivity contribution in [2.45, 2.75) is 19.0 Å². The van der Waals surface area contributed by atoms with Gasteiger partial charge >= 0.3 is 0 Å². The van der Waals surface area contributed by atoms with E-state index >= 15 is 0 Å². The van der Waals surface area contributed by atoms with Crippen LogP contribution in [0.25, 0.3) is 0 Å². The number of nitrogens with one attached hydrogen (secondary N) is 2. The monoisotopic (exact) mass is 356 g/mol. The Morgan fingerprint density at radius 2 is 2.12 bits per heavy atom. The number of carbonyl (C=O) groups excluding carboxylic acids is 1. The molecule has 0 unspecified atom stereocenters. The van der Waals surface area contributed by atoms with Crippen molar-refractivity contribution < 1.29 is 9.53 Å². The minimum atomic E-state index is -0.202. The van der Waals surface area contributed by atoms with Gasteiger partial charge in [0.05, 0.1) is 18.8 Å². The number of nitrogens with zero attached hydrogens (tertiary/aromatic N) is 4. The van der Waals surface area contributed by atoms with Crippen molar-refractivity contribution in [3.05, 3.63) is 41.7 Å². The SMILES string of the molecule is O=C(N[C@H]1COc2ccccc2C1)c1cn(CCN2CCNCC2)nn1. The van der Waals surface area contributed by atoms with Crippen LogP contribution in [-0.4, -0.2) is 71.2 Å². The van der Waals surface area contributed by atoms with Crippen LogP contribution in [0.4, 0.5) is 0 Å². The molecular weight excluding hydrogens is 332 g/mol. The van der Waals surface area contributed by atoms with Crippen LogP contribution in [0.15, 0.2) is 30.5 Å². The second kappa shape index (κ2) is 7.84. The van der Waals surface area contributed by atoms with Crippen molar-refractivity contribution >= 4 is 5.91 Å². The Labute approximate surface area is 152 Å². The van der Waals surface area contributed by atoms with Crippen molar-refractivity contribution in [3.8, 4) is 5.75 Å². The van der Waals surface area contributed by atoms with Crippen LogP contribution in [0.5, 0.6) is 5.75 Å². The quantitative estimate of drug-likeness (QED) is 0.779. The van der Waals surface area contributed by atoms with E-state index in [0.717, 1.165) is 57.0 Å². The zero-order valence-corrected chi connectivity index (χ0v) is 14.7. The standard InChI is InChI=1S/C18H24N6O2/c25-18(20-15-11-14-3-1-2-4-17(14)26-13-15)16-12-24(22-21-16)10-9-23-7-5-19-6-8-23/h1-4,12,15,19H,5-11,13H2,(H,20,25)/t15-/m1/s1. The van der Waals surface area contributed by atoms with E-state index in [4.69, 9.17) is 4.74 Å². The summed E-state index contributed by atoms with van der Waals surface area (Å²) in [4.78, 5) is 14.8. The normalized spacial score (nSPS) is 20.2. The molecule has 3 heterocycles. The fourth-order valence-corrected chi connectivity index (χ4v) is 3.37. The van der Waals surface area contributed by atoms with E-state index < -0.39 is 0 Å². The highest BCUT2D eigenvalue weighted by molar-refractivity contribution is 5.92. The molecule has 2 aliphatic rings. The lowest BCUT2D eigenvalue weighted by Crippen LogP contribution is -2.44. The molecule has 2 aliphatic heterocycles. The maximum absolute atomic E-state index is 12.4. The average molecular weight is 356 g/mol. The Morgan fingerprint density at radius 3 is 3.00 bits per heavy atom. The highest BCUT2D eigenvalue weighted by Crippen LogP contribution is 2.23. The molecule has 1 fully saturated rings. The molecule has 2 aromatic rings. The summed E-state index contributed by atoms with van der Waals surface area (Å²) in [6, 6.07) is 7.87. The van der Waals surface area contributed by atoms with Crippen LogP contribution in [0.3, 0.4) is 0 Å². The number of aromatic nitrogens is 3. The largest absolute Gasteiger partial charge is 0.491 e.